The summed E-state index contributed by atoms with van der Waals surface area (Å²) in [5.41, 5.74) is 0.887. The van der Waals surface area contributed by atoms with Crippen molar-refractivity contribution in [2.75, 3.05) is 0 Å². The zero-order valence-electron chi connectivity index (χ0n) is 13.8. The summed E-state index contributed by atoms with van der Waals surface area (Å²) in [5, 5.41) is 0. The maximum atomic E-state index is 12.3. The second-order valence-corrected chi connectivity index (χ2v) is 5.86. The third kappa shape index (κ3) is 4.45. The molecule has 1 aliphatic heterocycles. The van der Waals surface area contributed by atoms with E-state index in [1.165, 1.54) is 6.61 Å². The fraction of sp³-hybridized carbons (Fsp3) is 0.250. The number of carbonyl (C=O) groups excluding carboxylic acids is 2. The summed E-state index contributed by atoms with van der Waals surface area (Å²) in [6.07, 6.45) is -1.03. The Morgan fingerprint density at radius 3 is 1.96 bits per heavy atom. The van der Waals surface area contributed by atoms with Crippen LogP contribution in [0.5, 0.6) is 0 Å². The summed E-state index contributed by atoms with van der Waals surface area (Å²) < 4.78 is 16.5. The highest BCUT2D eigenvalue weighted by molar-refractivity contribution is 5.90. The van der Waals surface area contributed by atoms with Gasteiger partial charge in [-0.1, -0.05) is 36.4 Å². The fourth-order valence-electron chi connectivity index (χ4n) is 2.58. The Hall–Kier alpha value is -2.66. The van der Waals surface area contributed by atoms with E-state index in [4.69, 9.17) is 14.2 Å². The Labute approximate surface area is 146 Å². The molecule has 3 rings (SSSR count). The van der Waals surface area contributed by atoms with E-state index in [1.54, 1.807) is 48.5 Å². The molecule has 0 amide bonds. The van der Waals surface area contributed by atoms with Crippen molar-refractivity contribution in [1.82, 2.24) is 0 Å². The quantitative estimate of drug-likeness (QED) is 0.799. The van der Waals surface area contributed by atoms with Crippen LogP contribution in [-0.2, 0) is 14.2 Å². The number of benzene rings is 2. The van der Waals surface area contributed by atoms with Crippen LogP contribution in [0.4, 0.5) is 0 Å². The molecule has 0 saturated carbocycles. The molecule has 0 spiro atoms. The maximum absolute atomic E-state index is 12.3. The van der Waals surface area contributed by atoms with Gasteiger partial charge in [-0.2, -0.15) is 0 Å². The van der Waals surface area contributed by atoms with Gasteiger partial charge in [-0.05, 0) is 31.2 Å². The summed E-state index contributed by atoms with van der Waals surface area (Å²) >= 11 is 0. The van der Waals surface area contributed by atoms with Crippen molar-refractivity contribution >= 4 is 11.9 Å². The number of carbonyl (C=O) groups is 2. The molecule has 0 N–H and O–H groups in total. The van der Waals surface area contributed by atoms with E-state index >= 15 is 0 Å². The average molecular weight is 339 g/mol. The van der Waals surface area contributed by atoms with Crippen LogP contribution in [0.2, 0.25) is 0 Å². The highest BCUT2D eigenvalue weighted by atomic mass is 16.6. The van der Waals surface area contributed by atoms with Crippen LogP contribution in [0.1, 0.15) is 34.1 Å². The van der Waals surface area contributed by atoms with Crippen LogP contribution in [0, 0.1) is 6.61 Å². The van der Waals surface area contributed by atoms with Gasteiger partial charge in [0.05, 0.1) is 17.2 Å². The summed E-state index contributed by atoms with van der Waals surface area (Å²) in [6.45, 7) is 3.30. The summed E-state index contributed by atoms with van der Waals surface area (Å²) in [5.74, 6) is -0.936. The molecular weight excluding hydrogens is 320 g/mol. The smallest absolute Gasteiger partial charge is 0.338 e. The second-order valence-electron chi connectivity index (χ2n) is 5.86. The van der Waals surface area contributed by atoms with E-state index in [-0.39, 0.29) is 6.10 Å². The molecule has 3 atom stereocenters. The Morgan fingerprint density at radius 2 is 1.40 bits per heavy atom. The number of esters is 2. The Morgan fingerprint density at radius 1 is 0.880 bits per heavy atom. The summed E-state index contributed by atoms with van der Waals surface area (Å²) in [7, 11) is 0. The highest BCUT2D eigenvalue weighted by Crippen LogP contribution is 2.24. The number of rotatable bonds is 4. The van der Waals surface area contributed by atoms with Gasteiger partial charge in [-0.3, -0.25) is 0 Å². The van der Waals surface area contributed by atoms with Gasteiger partial charge < -0.3 is 14.2 Å². The Balaban J connectivity index is 1.68. The Kier molecular flexibility index (Phi) is 5.46. The normalized spacial score (nSPS) is 22.8. The van der Waals surface area contributed by atoms with Crippen molar-refractivity contribution in [3.05, 3.63) is 78.4 Å². The first-order valence-electron chi connectivity index (χ1n) is 8.14. The average Bonchev–Trinajstić information content (AvgIpc) is 2.65. The first kappa shape index (κ1) is 17.2. The van der Waals surface area contributed by atoms with E-state index in [0.717, 1.165) is 0 Å². The van der Waals surface area contributed by atoms with Gasteiger partial charge >= 0.3 is 11.9 Å². The third-order valence-corrected chi connectivity index (χ3v) is 3.90. The fourth-order valence-corrected chi connectivity index (χ4v) is 2.58. The molecule has 129 valence electrons. The van der Waals surface area contributed by atoms with E-state index in [0.29, 0.717) is 17.5 Å². The molecule has 0 aromatic heterocycles. The lowest BCUT2D eigenvalue weighted by Gasteiger charge is -2.33. The molecule has 1 radical (unpaired) electrons. The van der Waals surface area contributed by atoms with E-state index in [9.17, 15) is 9.59 Å². The van der Waals surface area contributed by atoms with Crippen LogP contribution < -0.4 is 0 Å². The molecule has 2 aromatic carbocycles. The standard InChI is InChI=1S/C20H19O5/c1-14-12-17(24-19(21)15-8-4-2-5-9-15)18(13-23-14)25-20(22)16-10-6-3-7-11-16/h2-11,13-14,17-18H,12H2,1H3/t14-,17+,18-/m1/s1. The van der Waals surface area contributed by atoms with Gasteiger partial charge in [0.2, 0.25) is 0 Å². The predicted octanol–water partition coefficient (Wildman–Crippen LogP) is 3.41. The highest BCUT2D eigenvalue weighted by Gasteiger charge is 2.36. The zero-order valence-corrected chi connectivity index (χ0v) is 13.8. The second kappa shape index (κ2) is 7.94. The first-order valence-corrected chi connectivity index (χ1v) is 8.14. The molecule has 0 aliphatic carbocycles. The van der Waals surface area contributed by atoms with Gasteiger partial charge in [0.25, 0.3) is 0 Å². The van der Waals surface area contributed by atoms with Gasteiger partial charge in [-0.25, -0.2) is 9.59 Å². The Bertz CT molecular complexity index is 713. The maximum Gasteiger partial charge on any atom is 0.338 e. The van der Waals surface area contributed by atoms with Gasteiger partial charge in [0.15, 0.2) is 6.10 Å². The molecule has 2 aromatic rings. The molecule has 1 aliphatic rings. The van der Waals surface area contributed by atoms with Gasteiger partial charge in [0.1, 0.15) is 12.7 Å². The van der Waals surface area contributed by atoms with Crippen LogP contribution in [0.3, 0.4) is 0 Å². The van der Waals surface area contributed by atoms with Crippen molar-refractivity contribution in [1.29, 1.82) is 0 Å². The molecule has 1 saturated heterocycles. The molecule has 5 heteroatoms. The first-order chi connectivity index (χ1) is 12.1. The minimum absolute atomic E-state index is 0.125. The lowest BCUT2D eigenvalue weighted by Crippen LogP contribution is -2.43. The largest absolute Gasteiger partial charge is 0.455 e. The van der Waals surface area contributed by atoms with Crippen LogP contribution in [0.15, 0.2) is 60.7 Å². The number of hydrogen-bond acceptors (Lipinski definition) is 5. The molecule has 1 heterocycles. The van der Waals surface area contributed by atoms with E-state index in [1.807, 2.05) is 19.1 Å². The van der Waals surface area contributed by atoms with Crippen molar-refractivity contribution in [2.45, 2.75) is 31.7 Å². The SMILES string of the molecule is C[C@@H]1C[C@H](OC(=O)c2ccccc2)[C@H](OC(=O)c2ccccc2)[CH]O1. The molecule has 5 nitrogen and oxygen atoms in total. The summed E-state index contributed by atoms with van der Waals surface area (Å²) in [4.78, 5) is 24.6. The number of ether oxygens (including phenoxy) is 3. The molecule has 0 unspecified atom stereocenters. The lowest BCUT2D eigenvalue weighted by atomic mass is 10.0. The van der Waals surface area contributed by atoms with Crippen molar-refractivity contribution in [3.8, 4) is 0 Å². The van der Waals surface area contributed by atoms with E-state index < -0.39 is 24.1 Å². The molecule has 0 bridgehead atoms. The van der Waals surface area contributed by atoms with Gasteiger partial charge in [-0.15, -0.1) is 0 Å². The van der Waals surface area contributed by atoms with Crippen molar-refractivity contribution in [3.63, 3.8) is 0 Å². The zero-order chi connectivity index (χ0) is 17.6. The lowest BCUT2D eigenvalue weighted by molar-refractivity contribution is -0.0950. The molecular formula is C20H19O5. The molecule has 25 heavy (non-hydrogen) atoms. The van der Waals surface area contributed by atoms with Crippen LogP contribution >= 0.6 is 0 Å². The molecule has 1 fully saturated rings. The minimum atomic E-state index is -0.753. The topological polar surface area (TPSA) is 61.8 Å². The van der Waals surface area contributed by atoms with Crippen LogP contribution in [-0.4, -0.2) is 30.3 Å². The van der Waals surface area contributed by atoms with Crippen molar-refractivity contribution in [2.24, 2.45) is 0 Å². The third-order valence-electron chi connectivity index (χ3n) is 3.90. The van der Waals surface area contributed by atoms with Crippen molar-refractivity contribution < 1.29 is 23.8 Å². The predicted molar refractivity (Wildman–Crippen MR) is 90.8 cm³/mol. The van der Waals surface area contributed by atoms with Gasteiger partial charge in [0, 0.05) is 6.42 Å². The van der Waals surface area contributed by atoms with E-state index in [2.05, 4.69) is 0 Å². The minimum Gasteiger partial charge on any atom is -0.455 e. The monoisotopic (exact) mass is 339 g/mol. The summed E-state index contributed by atoms with van der Waals surface area (Å²) in [6, 6.07) is 17.4. The number of hydrogen-bond donors (Lipinski definition) is 0. The van der Waals surface area contributed by atoms with Crippen LogP contribution in [0.25, 0.3) is 0 Å².